The van der Waals surface area contributed by atoms with Gasteiger partial charge in [0.15, 0.2) is 0 Å². The van der Waals surface area contributed by atoms with Gasteiger partial charge < -0.3 is 4.74 Å². The Morgan fingerprint density at radius 1 is 0.750 bits per heavy atom. The van der Waals surface area contributed by atoms with Crippen molar-refractivity contribution in [1.29, 1.82) is 0 Å². The van der Waals surface area contributed by atoms with Gasteiger partial charge in [0.05, 0.1) is 11.4 Å². The molecule has 7 heteroatoms. The van der Waals surface area contributed by atoms with Gasteiger partial charge in [-0.15, -0.1) is 0 Å². The Bertz CT molecular complexity index is 1100. The van der Waals surface area contributed by atoms with Crippen LogP contribution in [0.2, 0.25) is 0 Å². The zero-order valence-electron chi connectivity index (χ0n) is 18.6. The van der Waals surface area contributed by atoms with Crippen LogP contribution in [-0.2, 0) is 10.2 Å². The maximum Gasteiger partial charge on any atom is 0.427 e. The molecule has 3 rings (SSSR count). The molecule has 0 heterocycles. The molecule has 32 heavy (non-hydrogen) atoms. The molecule has 0 aliphatic heterocycles. The van der Waals surface area contributed by atoms with Gasteiger partial charge in [0.1, 0.15) is 5.75 Å². The zero-order chi connectivity index (χ0) is 23.3. The van der Waals surface area contributed by atoms with Crippen molar-refractivity contribution in [2.45, 2.75) is 39.5 Å². The lowest BCUT2D eigenvalue weighted by atomic mass is 9.94. The highest BCUT2D eigenvalue weighted by Crippen LogP contribution is 2.35. The van der Waals surface area contributed by atoms with Gasteiger partial charge >= 0.3 is 16.3 Å². The van der Waals surface area contributed by atoms with Crippen LogP contribution >= 0.6 is 0 Å². The van der Waals surface area contributed by atoms with Crippen molar-refractivity contribution in [3.05, 3.63) is 90.0 Å². The van der Waals surface area contributed by atoms with E-state index in [1.165, 1.54) is 0 Å². The first-order valence-corrected chi connectivity index (χ1v) is 11.9. The minimum Gasteiger partial charge on any atom is -0.409 e. The Balaban J connectivity index is 1.95. The average Bonchev–Trinajstić information content (AvgIpc) is 2.74. The van der Waals surface area contributed by atoms with Crippen molar-refractivity contribution in [3.63, 3.8) is 0 Å². The SMILES string of the molecule is CC(C)c1cccc(C(C)C)c1OC(=O)NS(=O)(=O)N(c1ccccc1)c1ccccc1. The molecule has 0 saturated carbocycles. The van der Waals surface area contributed by atoms with Crippen LogP contribution in [0.3, 0.4) is 0 Å². The van der Waals surface area contributed by atoms with Crippen LogP contribution in [0.15, 0.2) is 78.9 Å². The minimum absolute atomic E-state index is 0.0956. The lowest BCUT2D eigenvalue weighted by Crippen LogP contribution is -2.42. The Kier molecular flexibility index (Phi) is 7.20. The van der Waals surface area contributed by atoms with E-state index < -0.39 is 16.3 Å². The van der Waals surface area contributed by atoms with Crippen molar-refractivity contribution in [2.75, 3.05) is 4.31 Å². The lowest BCUT2D eigenvalue weighted by molar-refractivity contribution is 0.205. The lowest BCUT2D eigenvalue weighted by Gasteiger charge is -2.25. The smallest absolute Gasteiger partial charge is 0.409 e. The van der Waals surface area contributed by atoms with Crippen LogP contribution in [0.25, 0.3) is 0 Å². The second kappa shape index (κ2) is 9.87. The van der Waals surface area contributed by atoms with E-state index in [-0.39, 0.29) is 11.8 Å². The van der Waals surface area contributed by atoms with Gasteiger partial charge in [0.2, 0.25) is 0 Å². The number of rotatable bonds is 7. The van der Waals surface area contributed by atoms with E-state index in [1.54, 1.807) is 60.7 Å². The molecule has 0 unspecified atom stereocenters. The number of para-hydroxylation sites is 3. The van der Waals surface area contributed by atoms with Crippen LogP contribution in [0, 0.1) is 0 Å². The summed E-state index contributed by atoms with van der Waals surface area (Å²) < 4.78 is 35.3. The van der Waals surface area contributed by atoms with E-state index in [9.17, 15) is 13.2 Å². The van der Waals surface area contributed by atoms with Gasteiger partial charge in [0.25, 0.3) is 0 Å². The van der Waals surface area contributed by atoms with Crippen LogP contribution in [-0.4, -0.2) is 14.5 Å². The number of hydrogen-bond donors (Lipinski definition) is 1. The van der Waals surface area contributed by atoms with Gasteiger partial charge in [-0.05, 0) is 47.2 Å². The van der Waals surface area contributed by atoms with Crippen molar-refractivity contribution in [1.82, 2.24) is 4.72 Å². The van der Waals surface area contributed by atoms with Crippen LogP contribution < -0.4 is 13.8 Å². The van der Waals surface area contributed by atoms with E-state index >= 15 is 0 Å². The molecule has 0 radical (unpaired) electrons. The maximum atomic E-state index is 13.3. The quantitative estimate of drug-likeness (QED) is 0.470. The van der Waals surface area contributed by atoms with Crippen molar-refractivity contribution < 1.29 is 17.9 Å². The monoisotopic (exact) mass is 452 g/mol. The summed E-state index contributed by atoms with van der Waals surface area (Å²) in [7, 11) is -4.31. The third-order valence-corrected chi connectivity index (χ3v) is 6.28. The van der Waals surface area contributed by atoms with Crippen LogP contribution in [0.4, 0.5) is 16.2 Å². The molecular weight excluding hydrogens is 424 g/mol. The fourth-order valence-electron chi connectivity index (χ4n) is 3.42. The van der Waals surface area contributed by atoms with Gasteiger partial charge in [-0.1, -0.05) is 82.3 Å². The summed E-state index contributed by atoms with van der Waals surface area (Å²) in [5.74, 6) is 0.590. The summed E-state index contributed by atoms with van der Waals surface area (Å²) in [6.07, 6.45) is -1.06. The molecule has 1 amide bonds. The third-order valence-electron chi connectivity index (χ3n) is 4.95. The molecule has 6 nitrogen and oxygen atoms in total. The molecule has 0 atom stereocenters. The molecule has 168 valence electrons. The summed E-state index contributed by atoms with van der Waals surface area (Å²) in [5, 5.41) is 0. The van der Waals surface area contributed by atoms with Crippen LogP contribution in [0.5, 0.6) is 5.75 Å². The number of nitrogens with one attached hydrogen (secondary N) is 1. The van der Waals surface area contributed by atoms with Crippen LogP contribution in [0.1, 0.15) is 50.7 Å². The number of carbonyl (C=O) groups is 1. The summed E-state index contributed by atoms with van der Waals surface area (Å²) in [6.45, 7) is 7.97. The summed E-state index contributed by atoms with van der Waals surface area (Å²) in [5.41, 5.74) is 2.47. The molecule has 0 saturated heterocycles. The average molecular weight is 453 g/mol. The number of amides is 1. The standard InChI is InChI=1S/C25H28N2O4S/c1-18(2)22-16-11-17-23(19(3)4)24(22)31-25(28)26-32(29,30)27(20-12-7-5-8-13-20)21-14-9-6-10-15-21/h5-19H,1-4H3,(H,26,28). The first kappa shape index (κ1) is 23.3. The van der Waals surface area contributed by atoms with Gasteiger partial charge in [-0.3, -0.25) is 0 Å². The molecule has 0 fully saturated rings. The molecule has 3 aromatic rings. The predicted octanol–water partition coefficient (Wildman–Crippen LogP) is 6.10. The Morgan fingerprint density at radius 2 is 1.19 bits per heavy atom. The van der Waals surface area contributed by atoms with E-state index in [4.69, 9.17) is 4.74 Å². The summed E-state index contributed by atoms with van der Waals surface area (Å²) >= 11 is 0. The second-order valence-corrected chi connectivity index (χ2v) is 9.53. The number of anilines is 2. The van der Waals surface area contributed by atoms with Crippen molar-refractivity contribution in [2.24, 2.45) is 0 Å². The maximum absolute atomic E-state index is 13.3. The predicted molar refractivity (Wildman–Crippen MR) is 128 cm³/mol. The first-order chi connectivity index (χ1) is 15.2. The number of hydrogen-bond acceptors (Lipinski definition) is 4. The largest absolute Gasteiger partial charge is 0.427 e. The molecule has 0 aromatic heterocycles. The van der Waals surface area contributed by atoms with Gasteiger partial charge in [-0.25, -0.2) is 9.10 Å². The minimum atomic E-state index is -4.31. The molecule has 1 N–H and O–H groups in total. The van der Waals surface area contributed by atoms with Crippen molar-refractivity contribution in [3.8, 4) is 5.75 Å². The van der Waals surface area contributed by atoms with Gasteiger partial charge in [-0.2, -0.15) is 13.1 Å². The fraction of sp³-hybridized carbons (Fsp3) is 0.240. The van der Waals surface area contributed by atoms with E-state index in [2.05, 4.69) is 4.72 Å². The summed E-state index contributed by atoms with van der Waals surface area (Å²) in [4.78, 5) is 12.8. The van der Waals surface area contributed by atoms with Gasteiger partial charge in [0, 0.05) is 0 Å². The Labute approximate surface area is 190 Å². The molecule has 0 aliphatic rings. The molecule has 0 spiro atoms. The molecule has 3 aromatic carbocycles. The number of nitrogens with zero attached hydrogens (tertiary/aromatic N) is 1. The first-order valence-electron chi connectivity index (χ1n) is 10.5. The number of carbonyl (C=O) groups excluding carboxylic acids is 1. The fourth-order valence-corrected chi connectivity index (χ4v) is 4.56. The topological polar surface area (TPSA) is 75.7 Å². The third kappa shape index (κ3) is 5.29. The van der Waals surface area contributed by atoms with E-state index in [1.807, 2.05) is 45.9 Å². The highest BCUT2D eigenvalue weighted by Gasteiger charge is 2.28. The number of benzene rings is 3. The normalized spacial score (nSPS) is 11.4. The molecular formula is C25H28N2O4S. The highest BCUT2D eigenvalue weighted by atomic mass is 32.2. The Hall–Kier alpha value is -3.32. The highest BCUT2D eigenvalue weighted by molar-refractivity contribution is 7.91. The molecule has 0 aliphatic carbocycles. The van der Waals surface area contributed by atoms with E-state index in [0.29, 0.717) is 17.1 Å². The zero-order valence-corrected chi connectivity index (χ0v) is 19.5. The van der Waals surface area contributed by atoms with E-state index in [0.717, 1.165) is 15.4 Å². The summed E-state index contributed by atoms with van der Waals surface area (Å²) in [6, 6.07) is 22.8. The molecule has 0 bridgehead atoms. The second-order valence-electron chi connectivity index (χ2n) is 8.01. The number of ether oxygens (including phenoxy) is 1. The Morgan fingerprint density at radius 3 is 1.59 bits per heavy atom. The van der Waals surface area contributed by atoms with Crippen molar-refractivity contribution >= 4 is 27.7 Å².